The normalized spacial score (nSPS) is 24.5. The van der Waals surface area contributed by atoms with E-state index < -0.39 is 0 Å². The van der Waals surface area contributed by atoms with E-state index in [0.717, 1.165) is 29.1 Å². The van der Waals surface area contributed by atoms with E-state index in [1.54, 1.807) is 0 Å². The van der Waals surface area contributed by atoms with E-state index in [1.165, 1.54) is 74.5 Å². The van der Waals surface area contributed by atoms with Crippen LogP contribution in [0.3, 0.4) is 0 Å². The van der Waals surface area contributed by atoms with E-state index in [-0.39, 0.29) is 5.91 Å². The Morgan fingerprint density at radius 1 is 1.06 bits per heavy atom. The van der Waals surface area contributed by atoms with Gasteiger partial charge < -0.3 is 5.32 Å². The average molecular weight is 427 g/mol. The monoisotopic (exact) mass is 426 g/mol. The van der Waals surface area contributed by atoms with Crippen LogP contribution in [0.1, 0.15) is 72.5 Å². The third kappa shape index (κ3) is 2.73. The van der Waals surface area contributed by atoms with Gasteiger partial charge in [0.2, 0.25) is 0 Å². The first-order chi connectivity index (χ1) is 15.7. The van der Waals surface area contributed by atoms with Crippen molar-refractivity contribution in [2.24, 2.45) is 5.41 Å². The lowest BCUT2D eigenvalue weighted by Crippen LogP contribution is -2.59. The number of anilines is 1. The van der Waals surface area contributed by atoms with E-state index in [2.05, 4.69) is 33.2 Å². The predicted octanol–water partition coefficient (Wildman–Crippen LogP) is 5.16. The molecule has 3 heterocycles. The molecule has 2 aliphatic carbocycles. The van der Waals surface area contributed by atoms with Crippen molar-refractivity contribution in [3.05, 3.63) is 59.4 Å². The molecule has 0 radical (unpaired) electrons. The van der Waals surface area contributed by atoms with Crippen LogP contribution in [-0.4, -0.2) is 39.7 Å². The Morgan fingerprint density at radius 3 is 2.69 bits per heavy atom. The van der Waals surface area contributed by atoms with Crippen molar-refractivity contribution in [2.45, 2.75) is 63.5 Å². The molecule has 1 unspecified atom stereocenters. The van der Waals surface area contributed by atoms with Gasteiger partial charge >= 0.3 is 0 Å². The summed E-state index contributed by atoms with van der Waals surface area (Å²) in [4.78, 5) is 15.0. The fourth-order valence-corrected chi connectivity index (χ4v) is 6.92. The van der Waals surface area contributed by atoms with Crippen LogP contribution in [0.2, 0.25) is 0 Å². The summed E-state index contributed by atoms with van der Waals surface area (Å²) in [6.45, 7) is 2.45. The molecule has 5 nitrogen and oxygen atoms in total. The molecule has 3 aromatic rings. The second kappa shape index (κ2) is 6.92. The highest BCUT2D eigenvalue weighted by molar-refractivity contribution is 6.24. The van der Waals surface area contributed by atoms with Crippen molar-refractivity contribution in [3.63, 3.8) is 0 Å². The van der Waals surface area contributed by atoms with Gasteiger partial charge in [0.25, 0.3) is 5.91 Å². The van der Waals surface area contributed by atoms with Crippen molar-refractivity contribution in [2.75, 3.05) is 18.4 Å². The molecule has 2 aromatic carbocycles. The lowest BCUT2D eigenvalue weighted by Gasteiger charge is -2.60. The summed E-state index contributed by atoms with van der Waals surface area (Å²) in [5, 5.41) is 9.99. The Hall–Kier alpha value is -2.66. The summed E-state index contributed by atoms with van der Waals surface area (Å²) in [5.41, 5.74) is 4.94. The van der Waals surface area contributed by atoms with E-state index in [9.17, 15) is 4.79 Å². The highest BCUT2D eigenvalue weighted by atomic mass is 16.1. The quantitative estimate of drug-likeness (QED) is 0.627. The lowest BCUT2D eigenvalue weighted by molar-refractivity contribution is -0.0915. The second-order valence-electron chi connectivity index (χ2n) is 10.5. The molecular weight excluding hydrogens is 396 g/mol. The number of benzene rings is 2. The SMILES string of the molecule is O=C1Nc2ccc(Cc3cnn(C4CCN(C5CCC56CCC6)CC4)c3)c3cccc1c23. The Kier molecular flexibility index (Phi) is 4.08. The lowest BCUT2D eigenvalue weighted by atomic mass is 9.52. The molecule has 1 N–H and O–H groups in total. The van der Waals surface area contributed by atoms with Crippen molar-refractivity contribution >= 4 is 22.4 Å². The van der Waals surface area contributed by atoms with Gasteiger partial charge in [-0.05, 0) is 72.6 Å². The number of hydrogen-bond acceptors (Lipinski definition) is 3. The number of carbonyl (C=O) groups is 1. The molecule has 164 valence electrons. The van der Waals surface area contributed by atoms with Crippen LogP contribution < -0.4 is 5.32 Å². The summed E-state index contributed by atoms with van der Waals surface area (Å²) in [6.07, 6.45) is 14.9. The number of carbonyl (C=O) groups excluding carboxylic acids is 1. The third-order valence-corrected chi connectivity index (χ3v) is 8.96. The molecule has 1 aromatic heterocycles. The smallest absolute Gasteiger partial charge is 0.256 e. The topological polar surface area (TPSA) is 50.2 Å². The van der Waals surface area contributed by atoms with Crippen molar-refractivity contribution in [3.8, 4) is 0 Å². The van der Waals surface area contributed by atoms with Gasteiger partial charge in [-0.25, -0.2) is 0 Å². The van der Waals surface area contributed by atoms with Gasteiger partial charge in [0.15, 0.2) is 0 Å². The first-order valence-electron chi connectivity index (χ1n) is 12.3. The molecule has 0 bridgehead atoms. The molecule has 7 rings (SSSR count). The zero-order chi connectivity index (χ0) is 21.3. The van der Waals surface area contributed by atoms with Crippen molar-refractivity contribution in [1.29, 1.82) is 0 Å². The zero-order valence-electron chi connectivity index (χ0n) is 18.5. The highest BCUT2D eigenvalue weighted by Crippen LogP contribution is 2.58. The summed E-state index contributed by atoms with van der Waals surface area (Å²) in [5.74, 6) is 0.00652. The molecule has 1 spiro atoms. The maximum absolute atomic E-state index is 12.2. The first kappa shape index (κ1) is 18.9. The minimum Gasteiger partial charge on any atom is -0.321 e. The Bertz CT molecular complexity index is 1210. The molecule has 1 atom stereocenters. The van der Waals surface area contributed by atoms with Gasteiger partial charge in [-0.2, -0.15) is 5.10 Å². The molecule has 1 amide bonds. The van der Waals surface area contributed by atoms with E-state index >= 15 is 0 Å². The van der Waals surface area contributed by atoms with Gasteiger partial charge in [0, 0.05) is 48.4 Å². The summed E-state index contributed by atoms with van der Waals surface area (Å²) in [6, 6.07) is 11.6. The van der Waals surface area contributed by atoms with E-state index in [4.69, 9.17) is 5.10 Å². The van der Waals surface area contributed by atoms with Crippen LogP contribution >= 0.6 is 0 Å². The predicted molar refractivity (Wildman–Crippen MR) is 126 cm³/mol. The molecule has 4 aliphatic rings. The Labute approximate surface area is 188 Å². The van der Waals surface area contributed by atoms with Gasteiger partial charge in [-0.3, -0.25) is 14.4 Å². The van der Waals surface area contributed by atoms with Crippen molar-refractivity contribution < 1.29 is 4.79 Å². The Morgan fingerprint density at radius 2 is 1.94 bits per heavy atom. The largest absolute Gasteiger partial charge is 0.321 e. The number of amides is 1. The maximum Gasteiger partial charge on any atom is 0.256 e. The van der Waals surface area contributed by atoms with Crippen LogP contribution in [-0.2, 0) is 6.42 Å². The van der Waals surface area contributed by atoms with Crippen LogP contribution in [0.5, 0.6) is 0 Å². The zero-order valence-corrected chi connectivity index (χ0v) is 18.5. The number of rotatable bonds is 4. The summed E-state index contributed by atoms with van der Waals surface area (Å²) >= 11 is 0. The van der Waals surface area contributed by atoms with Crippen LogP contribution in [0, 0.1) is 5.41 Å². The van der Waals surface area contributed by atoms with Gasteiger partial charge in [0.1, 0.15) is 0 Å². The summed E-state index contributed by atoms with van der Waals surface area (Å²) in [7, 11) is 0. The third-order valence-electron chi connectivity index (χ3n) is 8.96. The van der Waals surface area contributed by atoms with Crippen LogP contribution in [0.15, 0.2) is 42.7 Å². The van der Waals surface area contributed by atoms with Gasteiger partial charge in [-0.15, -0.1) is 0 Å². The number of nitrogens with zero attached hydrogens (tertiary/aromatic N) is 3. The maximum atomic E-state index is 12.2. The number of likely N-dealkylation sites (tertiary alicyclic amines) is 1. The highest BCUT2D eigenvalue weighted by Gasteiger charge is 2.52. The second-order valence-corrected chi connectivity index (χ2v) is 10.5. The molecule has 2 saturated carbocycles. The molecule has 2 aliphatic heterocycles. The fraction of sp³-hybridized carbons (Fsp3) is 0.481. The molecule has 3 fully saturated rings. The molecule has 1 saturated heterocycles. The number of hydrogen-bond donors (Lipinski definition) is 1. The molecule has 32 heavy (non-hydrogen) atoms. The van der Waals surface area contributed by atoms with Gasteiger partial charge in [-0.1, -0.05) is 24.6 Å². The number of nitrogens with one attached hydrogen (secondary N) is 1. The van der Waals surface area contributed by atoms with Crippen molar-refractivity contribution in [1.82, 2.24) is 14.7 Å². The van der Waals surface area contributed by atoms with E-state index in [1.807, 2.05) is 24.4 Å². The number of piperidine rings is 1. The fourth-order valence-electron chi connectivity index (χ4n) is 6.92. The standard InChI is InChI=1S/C27H30N4O/c32-26-22-4-1-3-21-19(5-6-23(29-26)25(21)22)15-18-16-28-31(17-18)20-8-13-30(14-9-20)24-7-12-27(24)10-2-11-27/h1,3-6,16-17,20,24H,2,7-15H2,(H,29,32). The van der Waals surface area contributed by atoms with Gasteiger partial charge in [0.05, 0.1) is 12.2 Å². The summed E-state index contributed by atoms with van der Waals surface area (Å²) < 4.78 is 2.22. The molecular formula is C27H30N4O. The number of aromatic nitrogens is 2. The minimum atomic E-state index is 0.00652. The van der Waals surface area contributed by atoms with Crippen LogP contribution in [0.25, 0.3) is 10.8 Å². The molecule has 5 heteroatoms. The first-order valence-corrected chi connectivity index (χ1v) is 12.3. The Balaban J connectivity index is 1.06. The minimum absolute atomic E-state index is 0.00652. The average Bonchev–Trinajstić information content (AvgIpc) is 3.35. The van der Waals surface area contributed by atoms with E-state index in [0.29, 0.717) is 11.5 Å². The van der Waals surface area contributed by atoms with Crippen LogP contribution in [0.4, 0.5) is 5.69 Å².